The molecule has 1 aromatic carbocycles. The molecular formula is C17H22ClNO2. The lowest BCUT2D eigenvalue weighted by molar-refractivity contribution is -0.127. The van der Waals surface area contributed by atoms with Crippen LogP contribution in [-0.2, 0) is 11.2 Å². The zero-order valence-corrected chi connectivity index (χ0v) is 12.9. The lowest BCUT2D eigenvalue weighted by atomic mass is 9.85. The van der Waals surface area contributed by atoms with E-state index in [-0.39, 0.29) is 17.9 Å². The Hall–Kier alpha value is -1.22. The normalized spacial score (nSPS) is 28.3. The van der Waals surface area contributed by atoms with Crippen LogP contribution in [0.4, 0.5) is 0 Å². The van der Waals surface area contributed by atoms with Crippen molar-refractivity contribution in [2.45, 2.75) is 38.1 Å². The van der Waals surface area contributed by atoms with Crippen LogP contribution in [0.5, 0.6) is 5.75 Å². The van der Waals surface area contributed by atoms with Crippen molar-refractivity contribution < 1.29 is 9.53 Å². The molecule has 1 N–H and O–H groups in total. The molecule has 2 aliphatic rings. The molecule has 3 unspecified atom stereocenters. The fourth-order valence-electron chi connectivity index (χ4n) is 3.38. The van der Waals surface area contributed by atoms with Crippen molar-refractivity contribution in [2.24, 2.45) is 11.8 Å². The molecule has 0 saturated heterocycles. The van der Waals surface area contributed by atoms with Crippen molar-refractivity contribution >= 4 is 17.5 Å². The van der Waals surface area contributed by atoms with E-state index in [9.17, 15) is 4.79 Å². The zero-order valence-electron chi connectivity index (χ0n) is 12.2. The molecule has 3 nitrogen and oxygen atoms in total. The van der Waals surface area contributed by atoms with Crippen molar-refractivity contribution in [1.82, 2.24) is 5.32 Å². The van der Waals surface area contributed by atoms with Gasteiger partial charge in [0.15, 0.2) is 0 Å². The molecule has 0 spiro atoms. The number of ether oxygens (including phenoxy) is 1. The summed E-state index contributed by atoms with van der Waals surface area (Å²) in [5.41, 5.74) is 1.13. The molecule has 1 fully saturated rings. The number of fused-ring (bicyclic) bond motifs is 1. The number of rotatable bonds is 3. The summed E-state index contributed by atoms with van der Waals surface area (Å²) in [7, 11) is 0. The van der Waals surface area contributed by atoms with Crippen LogP contribution >= 0.6 is 11.6 Å². The standard InChI is InChI=1S/C17H22ClNO2/c18-10-13-6-1-3-7-15(13)19-17(20)14-9-12-5-2-4-8-16(12)21-11-14/h2,4-5,8,13-15H,1,3,6-7,9-11H2,(H,19,20). The summed E-state index contributed by atoms with van der Waals surface area (Å²) in [5, 5.41) is 3.22. The van der Waals surface area contributed by atoms with Crippen molar-refractivity contribution in [3.63, 3.8) is 0 Å². The van der Waals surface area contributed by atoms with Crippen LogP contribution in [0.15, 0.2) is 24.3 Å². The van der Waals surface area contributed by atoms with E-state index in [4.69, 9.17) is 16.3 Å². The van der Waals surface area contributed by atoms with Crippen LogP contribution in [0.25, 0.3) is 0 Å². The van der Waals surface area contributed by atoms with Gasteiger partial charge in [-0.15, -0.1) is 11.6 Å². The number of benzene rings is 1. The molecule has 21 heavy (non-hydrogen) atoms. The Balaban J connectivity index is 1.61. The van der Waals surface area contributed by atoms with E-state index in [1.54, 1.807) is 0 Å². The van der Waals surface area contributed by atoms with Crippen LogP contribution in [0.3, 0.4) is 0 Å². The second-order valence-electron chi connectivity index (χ2n) is 6.13. The molecule has 0 bridgehead atoms. The zero-order chi connectivity index (χ0) is 14.7. The molecular weight excluding hydrogens is 286 g/mol. The van der Waals surface area contributed by atoms with Crippen LogP contribution in [-0.4, -0.2) is 24.4 Å². The lowest BCUT2D eigenvalue weighted by Gasteiger charge is -2.33. The van der Waals surface area contributed by atoms with E-state index in [1.165, 1.54) is 12.8 Å². The van der Waals surface area contributed by atoms with Crippen molar-refractivity contribution in [2.75, 3.05) is 12.5 Å². The first kappa shape index (κ1) is 14.7. The summed E-state index contributed by atoms with van der Waals surface area (Å²) in [5.74, 6) is 2.00. The van der Waals surface area contributed by atoms with Crippen molar-refractivity contribution in [3.05, 3.63) is 29.8 Å². The molecule has 1 aliphatic carbocycles. The summed E-state index contributed by atoms with van der Waals surface area (Å²) in [6.07, 6.45) is 5.35. The highest BCUT2D eigenvalue weighted by atomic mass is 35.5. The number of carbonyl (C=O) groups is 1. The highest BCUT2D eigenvalue weighted by Crippen LogP contribution is 2.29. The van der Waals surface area contributed by atoms with E-state index in [0.717, 1.165) is 30.6 Å². The molecule has 3 atom stereocenters. The van der Waals surface area contributed by atoms with Gasteiger partial charge in [0, 0.05) is 11.9 Å². The predicted molar refractivity (Wildman–Crippen MR) is 83.7 cm³/mol. The molecule has 4 heteroatoms. The second-order valence-corrected chi connectivity index (χ2v) is 6.44. The minimum absolute atomic E-state index is 0.0854. The van der Waals surface area contributed by atoms with Crippen LogP contribution in [0, 0.1) is 11.8 Å². The Kier molecular flexibility index (Phi) is 4.69. The summed E-state index contributed by atoms with van der Waals surface area (Å²) >= 11 is 6.04. The van der Waals surface area contributed by atoms with Crippen LogP contribution < -0.4 is 10.1 Å². The highest BCUT2D eigenvalue weighted by Gasteiger charge is 2.30. The quantitative estimate of drug-likeness (QED) is 0.871. The van der Waals surface area contributed by atoms with Gasteiger partial charge in [0.1, 0.15) is 12.4 Å². The number of alkyl halides is 1. The Bertz CT molecular complexity index is 505. The first-order valence-corrected chi connectivity index (χ1v) is 8.38. The van der Waals surface area contributed by atoms with Gasteiger partial charge in [0.05, 0.1) is 5.92 Å². The first-order chi connectivity index (χ1) is 10.3. The number of para-hydroxylation sites is 1. The average Bonchev–Trinajstić information content (AvgIpc) is 2.55. The number of nitrogens with one attached hydrogen (secondary N) is 1. The third-order valence-electron chi connectivity index (χ3n) is 4.68. The smallest absolute Gasteiger partial charge is 0.227 e. The monoisotopic (exact) mass is 307 g/mol. The maximum absolute atomic E-state index is 12.5. The number of amides is 1. The topological polar surface area (TPSA) is 38.3 Å². The van der Waals surface area contributed by atoms with E-state index in [1.807, 2.05) is 24.3 Å². The third-order valence-corrected chi connectivity index (χ3v) is 5.08. The Morgan fingerprint density at radius 3 is 2.95 bits per heavy atom. The molecule has 1 aliphatic heterocycles. The Labute approximate surface area is 131 Å². The van der Waals surface area contributed by atoms with Gasteiger partial charge < -0.3 is 10.1 Å². The fourth-order valence-corrected chi connectivity index (χ4v) is 3.75. The van der Waals surface area contributed by atoms with Gasteiger partial charge in [-0.05, 0) is 36.8 Å². The van der Waals surface area contributed by atoms with Crippen LogP contribution in [0.2, 0.25) is 0 Å². The van der Waals surface area contributed by atoms with Gasteiger partial charge in [-0.3, -0.25) is 4.79 Å². The number of carbonyl (C=O) groups excluding carboxylic acids is 1. The summed E-state index contributed by atoms with van der Waals surface area (Å²) in [6, 6.07) is 8.20. The van der Waals surface area contributed by atoms with Gasteiger partial charge in [0.25, 0.3) is 0 Å². The van der Waals surface area contributed by atoms with Crippen LogP contribution in [0.1, 0.15) is 31.2 Å². The molecule has 0 aromatic heterocycles. The maximum Gasteiger partial charge on any atom is 0.227 e. The minimum Gasteiger partial charge on any atom is -0.492 e. The third kappa shape index (κ3) is 3.34. The SMILES string of the molecule is O=C(NC1CCCCC1CCl)C1COc2ccccc2C1. The predicted octanol–water partition coefficient (Wildman–Crippen LogP) is 3.15. The van der Waals surface area contributed by atoms with Gasteiger partial charge in [0.2, 0.25) is 5.91 Å². The molecule has 114 valence electrons. The Morgan fingerprint density at radius 1 is 1.29 bits per heavy atom. The van der Waals surface area contributed by atoms with Crippen molar-refractivity contribution in [3.8, 4) is 5.75 Å². The summed E-state index contributed by atoms with van der Waals surface area (Å²) in [6.45, 7) is 0.473. The summed E-state index contributed by atoms with van der Waals surface area (Å²) < 4.78 is 5.71. The second kappa shape index (κ2) is 6.69. The molecule has 1 saturated carbocycles. The van der Waals surface area contributed by atoms with E-state index in [2.05, 4.69) is 5.32 Å². The van der Waals surface area contributed by atoms with E-state index in [0.29, 0.717) is 18.4 Å². The Morgan fingerprint density at radius 2 is 2.10 bits per heavy atom. The molecule has 0 radical (unpaired) electrons. The molecule has 1 aromatic rings. The van der Waals surface area contributed by atoms with Gasteiger partial charge in [-0.25, -0.2) is 0 Å². The molecule has 3 rings (SSSR count). The highest BCUT2D eigenvalue weighted by molar-refractivity contribution is 6.18. The maximum atomic E-state index is 12.5. The van der Waals surface area contributed by atoms with E-state index >= 15 is 0 Å². The number of hydrogen-bond acceptors (Lipinski definition) is 2. The first-order valence-electron chi connectivity index (χ1n) is 7.85. The van der Waals surface area contributed by atoms with Gasteiger partial charge >= 0.3 is 0 Å². The van der Waals surface area contributed by atoms with Gasteiger partial charge in [-0.1, -0.05) is 31.0 Å². The molecule has 1 amide bonds. The number of hydrogen-bond donors (Lipinski definition) is 1. The number of halogens is 1. The van der Waals surface area contributed by atoms with Crippen molar-refractivity contribution in [1.29, 1.82) is 0 Å². The largest absolute Gasteiger partial charge is 0.492 e. The fraction of sp³-hybridized carbons (Fsp3) is 0.588. The van der Waals surface area contributed by atoms with Gasteiger partial charge in [-0.2, -0.15) is 0 Å². The molecule has 1 heterocycles. The average molecular weight is 308 g/mol. The minimum atomic E-state index is -0.0854. The summed E-state index contributed by atoms with van der Waals surface area (Å²) in [4.78, 5) is 12.5. The van der Waals surface area contributed by atoms with E-state index < -0.39 is 0 Å². The lowest BCUT2D eigenvalue weighted by Crippen LogP contribution is -2.47.